The van der Waals surface area contributed by atoms with Crippen LogP contribution in [0.15, 0.2) is 66.4 Å². The zero-order valence-corrected chi connectivity index (χ0v) is 19.7. The number of anilines is 2. The molecular formula is C28H26N2O4. The van der Waals surface area contributed by atoms with Gasteiger partial charge in [0.2, 0.25) is 0 Å². The number of amides is 2. The molecule has 3 aromatic rings. The van der Waals surface area contributed by atoms with Crippen molar-refractivity contribution >= 4 is 28.8 Å². The number of rotatable bonds is 5. The summed E-state index contributed by atoms with van der Waals surface area (Å²) in [4.78, 5) is 31.2. The second kappa shape index (κ2) is 8.37. The van der Waals surface area contributed by atoms with E-state index in [2.05, 4.69) is 6.07 Å². The SMILES string of the molecule is COc1ccc(N2C(=O)C(c3ccc(C)cc3C)=C(N3CCc4ccccc43)C2=O)c(OC)c1. The van der Waals surface area contributed by atoms with Crippen LogP contribution >= 0.6 is 0 Å². The van der Waals surface area contributed by atoms with Gasteiger partial charge >= 0.3 is 0 Å². The minimum atomic E-state index is -0.361. The van der Waals surface area contributed by atoms with Gasteiger partial charge in [0.05, 0.1) is 25.5 Å². The largest absolute Gasteiger partial charge is 0.497 e. The fraction of sp³-hybridized carbons (Fsp3) is 0.214. The van der Waals surface area contributed by atoms with Gasteiger partial charge in [-0.15, -0.1) is 0 Å². The molecule has 2 aliphatic heterocycles. The fourth-order valence-electron chi connectivity index (χ4n) is 4.86. The lowest BCUT2D eigenvalue weighted by Crippen LogP contribution is -2.35. The summed E-state index contributed by atoms with van der Waals surface area (Å²) in [7, 11) is 3.07. The van der Waals surface area contributed by atoms with Crippen molar-refractivity contribution in [2.45, 2.75) is 20.3 Å². The van der Waals surface area contributed by atoms with Crippen molar-refractivity contribution in [2.24, 2.45) is 0 Å². The van der Waals surface area contributed by atoms with Gasteiger partial charge in [-0.3, -0.25) is 9.59 Å². The molecule has 2 heterocycles. The van der Waals surface area contributed by atoms with Gasteiger partial charge in [-0.05, 0) is 55.2 Å². The summed E-state index contributed by atoms with van der Waals surface area (Å²) in [6.07, 6.45) is 0.813. The number of methoxy groups -OCH3 is 2. The normalized spacial score (nSPS) is 15.3. The van der Waals surface area contributed by atoms with Crippen molar-refractivity contribution < 1.29 is 19.1 Å². The Balaban J connectivity index is 1.71. The van der Waals surface area contributed by atoms with E-state index in [0.717, 1.165) is 34.4 Å². The van der Waals surface area contributed by atoms with Crippen LogP contribution in [0.25, 0.3) is 5.57 Å². The van der Waals surface area contributed by atoms with E-state index in [1.54, 1.807) is 25.3 Å². The number of para-hydroxylation sites is 1. The highest BCUT2D eigenvalue weighted by Crippen LogP contribution is 2.43. The molecule has 3 aromatic carbocycles. The molecule has 5 rings (SSSR count). The maximum atomic E-state index is 14.0. The number of carbonyl (C=O) groups is 2. The molecule has 2 amide bonds. The molecule has 172 valence electrons. The van der Waals surface area contributed by atoms with Gasteiger partial charge < -0.3 is 14.4 Å². The quantitative estimate of drug-likeness (QED) is 0.525. The van der Waals surface area contributed by atoms with Crippen LogP contribution in [-0.4, -0.2) is 32.6 Å². The fourth-order valence-corrected chi connectivity index (χ4v) is 4.86. The molecule has 0 N–H and O–H groups in total. The molecule has 6 heteroatoms. The van der Waals surface area contributed by atoms with E-state index in [4.69, 9.17) is 9.47 Å². The summed E-state index contributed by atoms with van der Waals surface area (Å²) in [5.41, 5.74) is 6.14. The highest BCUT2D eigenvalue weighted by molar-refractivity contribution is 6.46. The molecule has 0 spiro atoms. The van der Waals surface area contributed by atoms with Gasteiger partial charge in [0.1, 0.15) is 17.2 Å². The molecule has 0 saturated carbocycles. The van der Waals surface area contributed by atoms with E-state index < -0.39 is 0 Å². The Morgan fingerprint density at radius 3 is 2.35 bits per heavy atom. The number of benzene rings is 3. The van der Waals surface area contributed by atoms with Crippen LogP contribution in [0.4, 0.5) is 11.4 Å². The van der Waals surface area contributed by atoms with Crippen molar-refractivity contribution in [3.05, 3.63) is 88.6 Å². The summed E-state index contributed by atoms with van der Waals surface area (Å²) in [6.45, 7) is 4.62. The molecule has 6 nitrogen and oxygen atoms in total. The third kappa shape index (κ3) is 3.34. The summed E-state index contributed by atoms with van der Waals surface area (Å²) in [5, 5.41) is 0. The van der Waals surface area contributed by atoms with Gasteiger partial charge in [0.15, 0.2) is 0 Å². The van der Waals surface area contributed by atoms with E-state index in [1.165, 1.54) is 12.0 Å². The lowest BCUT2D eigenvalue weighted by atomic mass is 9.97. The van der Waals surface area contributed by atoms with E-state index in [0.29, 0.717) is 35.0 Å². The highest BCUT2D eigenvalue weighted by atomic mass is 16.5. The van der Waals surface area contributed by atoms with Crippen LogP contribution < -0.4 is 19.3 Å². The number of imide groups is 1. The Morgan fingerprint density at radius 1 is 0.824 bits per heavy atom. The predicted octanol–water partition coefficient (Wildman–Crippen LogP) is 4.67. The molecule has 0 radical (unpaired) electrons. The van der Waals surface area contributed by atoms with Gasteiger partial charge in [0, 0.05) is 18.3 Å². The second-order valence-corrected chi connectivity index (χ2v) is 8.56. The Bertz CT molecular complexity index is 1360. The predicted molar refractivity (Wildman–Crippen MR) is 132 cm³/mol. The first kappa shape index (κ1) is 21.8. The Labute approximate surface area is 199 Å². The van der Waals surface area contributed by atoms with E-state index in [9.17, 15) is 9.59 Å². The number of carbonyl (C=O) groups excluding carboxylic acids is 2. The first-order valence-corrected chi connectivity index (χ1v) is 11.2. The standard InChI is InChI=1S/C28H26N2O4/c1-17-9-11-21(18(2)15-17)25-26(29-14-13-19-7-5-6-8-22(19)29)28(32)30(27(25)31)23-12-10-20(33-3)16-24(23)34-4/h5-12,15-16H,13-14H2,1-4H3. The lowest BCUT2D eigenvalue weighted by Gasteiger charge is -2.22. The van der Waals surface area contributed by atoms with E-state index in [1.807, 2.05) is 55.1 Å². The van der Waals surface area contributed by atoms with E-state index >= 15 is 0 Å². The molecule has 0 unspecified atom stereocenters. The molecule has 34 heavy (non-hydrogen) atoms. The Morgan fingerprint density at radius 2 is 1.62 bits per heavy atom. The highest BCUT2D eigenvalue weighted by Gasteiger charge is 2.45. The zero-order valence-electron chi connectivity index (χ0n) is 19.7. The maximum absolute atomic E-state index is 14.0. The third-order valence-corrected chi connectivity index (χ3v) is 6.50. The molecule has 0 bridgehead atoms. The number of aryl methyl sites for hydroxylation is 2. The molecule has 0 fully saturated rings. The van der Waals surface area contributed by atoms with Gasteiger partial charge in [0.25, 0.3) is 11.8 Å². The Kier molecular flexibility index (Phi) is 5.36. The maximum Gasteiger partial charge on any atom is 0.282 e. The summed E-state index contributed by atoms with van der Waals surface area (Å²) < 4.78 is 10.8. The van der Waals surface area contributed by atoms with Crippen LogP contribution in [0.2, 0.25) is 0 Å². The number of ether oxygens (including phenoxy) is 2. The molecular weight excluding hydrogens is 428 g/mol. The van der Waals surface area contributed by atoms with Crippen molar-refractivity contribution in [1.82, 2.24) is 0 Å². The number of fused-ring (bicyclic) bond motifs is 1. The van der Waals surface area contributed by atoms with Crippen molar-refractivity contribution in [3.8, 4) is 11.5 Å². The van der Waals surface area contributed by atoms with Crippen LogP contribution in [0.1, 0.15) is 22.3 Å². The number of hydrogen-bond donors (Lipinski definition) is 0. The Hall–Kier alpha value is -4.06. The van der Waals surface area contributed by atoms with Gasteiger partial charge in [-0.1, -0.05) is 42.0 Å². The molecule has 0 saturated heterocycles. The number of nitrogens with zero attached hydrogens (tertiary/aromatic N) is 2. The third-order valence-electron chi connectivity index (χ3n) is 6.50. The molecule has 0 atom stereocenters. The van der Waals surface area contributed by atoms with Crippen molar-refractivity contribution in [1.29, 1.82) is 0 Å². The summed E-state index contributed by atoms with van der Waals surface area (Å²) in [5.74, 6) is 0.250. The average molecular weight is 455 g/mol. The van der Waals surface area contributed by atoms with Crippen molar-refractivity contribution in [3.63, 3.8) is 0 Å². The van der Waals surface area contributed by atoms with Crippen LogP contribution in [0.3, 0.4) is 0 Å². The first-order valence-electron chi connectivity index (χ1n) is 11.2. The molecule has 0 aromatic heterocycles. The second-order valence-electron chi connectivity index (χ2n) is 8.56. The van der Waals surface area contributed by atoms with Crippen LogP contribution in [0, 0.1) is 13.8 Å². The monoisotopic (exact) mass is 454 g/mol. The number of hydrogen-bond acceptors (Lipinski definition) is 5. The summed E-state index contributed by atoms with van der Waals surface area (Å²) >= 11 is 0. The minimum Gasteiger partial charge on any atom is -0.497 e. The average Bonchev–Trinajstić information content (AvgIpc) is 3.37. The van der Waals surface area contributed by atoms with Crippen LogP contribution in [-0.2, 0) is 16.0 Å². The van der Waals surface area contributed by atoms with Crippen molar-refractivity contribution in [2.75, 3.05) is 30.6 Å². The van der Waals surface area contributed by atoms with Gasteiger partial charge in [-0.2, -0.15) is 0 Å². The van der Waals surface area contributed by atoms with Gasteiger partial charge in [-0.25, -0.2) is 4.90 Å². The topological polar surface area (TPSA) is 59.1 Å². The summed E-state index contributed by atoms with van der Waals surface area (Å²) in [6, 6.07) is 19.1. The van der Waals surface area contributed by atoms with E-state index in [-0.39, 0.29) is 11.8 Å². The molecule has 0 aliphatic carbocycles. The lowest BCUT2D eigenvalue weighted by molar-refractivity contribution is -0.120. The zero-order chi connectivity index (χ0) is 24.0. The smallest absolute Gasteiger partial charge is 0.282 e. The minimum absolute atomic E-state index is 0.361. The molecule has 2 aliphatic rings. The first-order chi connectivity index (χ1) is 16.4. The van der Waals surface area contributed by atoms with Crippen LogP contribution in [0.5, 0.6) is 11.5 Å².